The van der Waals surface area contributed by atoms with Gasteiger partial charge in [0.1, 0.15) is 0 Å². The van der Waals surface area contributed by atoms with Gasteiger partial charge in [-0.05, 0) is 32.0 Å². The molecular formula is C16H14N2O2. The third-order valence-corrected chi connectivity index (χ3v) is 3.51. The molecule has 0 unspecified atom stereocenters. The Bertz CT molecular complexity index is 813. The smallest absolute Gasteiger partial charge is 0.337 e. The van der Waals surface area contributed by atoms with Crippen LogP contribution in [0.4, 0.5) is 0 Å². The molecule has 1 aromatic carbocycles. The van der Waals surface area contributed by atoms with Gasteiger partial charge < -0.3 is 9.67 Å². The van der Waals surface area contributed by atoms with E-state index in [4.69, 9.17) is 0 Å². The molecule has 0 spiro atoms. The summed E-state index contributed by atoms with van der Waals surface area (Å²) in [6.45, 7) is 3.72. The van der Waals surface area contributed by atoms with E-state index in [1.165, 1.54) is 0 Å². The van der Waals surface area contributed by atoms with E-state index in [1.807, 2.05) is 48.7 Å². The Morgan fingerprint density at radius 2 is 1.95 bits per heavy atom. The summed E-state index contributed by atoms with van der Waals surface area (Å²) < 4.78 is 1.94. The number of carboxylic acids is 1. The molecule has 0 radical (unpaired) electrons. The van der Waals surface area contributed by atoms with Crippen LogP contribution in [0.25, 0.3) is 16.6 Å². The molecule has 100 valence electrons. The Labute approximate surface area is 116 Å². The molecule has 0 atom stereocenters. The summed E-state index contributed by atoms with van der Waals surface area (Å²) in [5, 5.41) is 10.3. The lowest BCUT2D eigenvalue weighted by Gasteiger charge is -2.12. The molecule has 4 heteroatoms. The second-order valence-corrected chi connectivity index (χ2v) is 4.78. The van der Waals surface area contributed by atoms with Crippen LogP contribution in [-0.2, 0) is 0 Å². The second-order valence-electron chi connectivity index (χ2n) is 4.78. The van der Waals surface area contributed by atoms with Crippen LogP contribution in [0.5, 0.6) is 0 Å². The maximum atomic E-state index is 11.3. The van der Waals surface area contributed by atoms with E-state index in [1.54, 1.807) is 12.3 Å². The van der Waals surface area contributed by atoms with Crippen molar-refractivity contribution in [2.45, 2.75) is 13.8 Å². The van der Waals surface area contributed by atoms with Crippen molar-refractivity contribution in [2.24, 2.45) is 0 Å². The molecular weight excluding hydrogens is 252 g/mol. The van der Waals surface area contributed by atoms with Gasteiger partial charge in [0.05, 0.1) is 16.8 Å². The number of rotatable bonds is 2. The molecule has 3 aromatic rings. The first kappa shape index (κ1) is 12.4. The Hall–Kier alpha value is -2.62. The minimum absolute atomic E-state index is 0.329. The predicted molar refractivity (Wildman–Crippen MR) is 77.5 cm³/mol. The molecule has 2 aromatic heterocycles. The lowest BCUT2D eigenvalue weighted by molar-refractivity contribution is 0.0696. The van der Waals surface area contributed by atoms with Gasteiger partial charge in [-0.3, -0.25) is 4.98 Å². The lowest BCUT2D eigenvalue weighted by Crippen LogP contribution is -2.03. The highest BCUT2D eigenvalue weighted by atomic mass is 16.4. The molecule has 0 fully saturated rings. The summed E-state index contributed by atoms with van der Waals surface area (Å²) in [5.41, 5.74) is 3.71. The van der Waals surface area contributed by atoms with E-state index < -0.39 is 5.97 Å². The Balaban J connectivity index is 2.34. The van der Waals surface area contributed by atoms with Crippen LogP contribution in [0.3, 0.4) is 0 Å². The van der Waals surface area contributed by atoms with Crippen molar-refractivity contribution < 1.29 is 9.90 Å². The van der Waals surface area contributed by atoms with E-state index >= 15 is 0 Å². The van der Waals surface area contributed by atoms with Crippen molar-refractivity contribution in [2.75, 3.05) is 0 Å². The lowest BCUT2D eigenvalue weighted by atomic mass is 10.2. The monoisotopic (exact) mass is 266 g/mol. The SMILES string of the molecule is Cc1cc(C(=O)O)c(C)n1-c1cccc2cccnc12. The normalized spacial score (nSPS) is 10.9. The summed E-state index contributed by atoms with van der Waals surface area (Å²) in [4.78, 5) is 15.7. The third-order valence-electron chi connectivity index (χ3n) is 3.51. The zero-order valence-electron chi connectivity index (χ0n) is 11.3. The van der Waals surface area contributed by atoms with Crippen molar-refractivity contribution in [3.05, 3.63) is 59.5 Å². The van der Waals surface area contributed by atoms with Gasteiger partial charge in [-0.25, -0.2) is 4.79 Å². The molecule has 4 nitrogen and oxygen atoms in total. The minimum Gasteiger partial charge on any atom is -0.478 e. The van der Waals surface area contributed by atoms with Crippen molar-refractivity contribution in [1.82, 2.24) is 9.55 Å². The highest BCUT2D eigenvalue weighted by Crippen LogP contribution is 2.25. The van der Waals surface area contributed by atoms with E-state index in [0.29, 0.717) is 11.3 Å². The number of carbonyl (C=O) groups is 1. The average molecular weight is 266 g/mol. The molecule has 0 aliphatic heterocycles. The molecule has 0 saturated carbocycles. The maximum Gasteiger partial charge on any atom is 0.337 e. The number of aromatic nitrogens is 2. The summed E-state index contributed by atoms with van der Waals surface area (Å²) in [7, 11) is 0. The van der Waals surface area contributed by atoms with E-state index in [0.717, 1.165) is 22.3 Å². The van der Waals surface area contributed by atoms with Crippen LogP contribution in [-0.4, -0.2) is 20.6 Å². The standard InChI is InChI=1S/C16H14N2O2/c1-10-9-13(16(19)20)11(2)18(10)14-7-3-5-12-6-4-8-17-15(12)14/h3-9H,1-2H3,(H,19,20). The molecule has 20 heavy (non-hydrogen) atoms. The molecule has 0 saturated heterocycles. The number of hydrogen-bond donors (Lipinski definition) is 1. The quantitative estimate of drug-likeness (QED) is 0.774. The van der Waals surface area contributed by atoms with Crippen molar-refractivity contribution >= 4 is 16.9 Å². The maximum absolute atomic E-state index is 11.3. The summed E-state index contributed by atoms with van der Waals surface area (Å²) >= 11 is 0. The summed E-state index contributed by atoms with van der Waals surface area (Å²) in [6, 6.07) is 11.5. The molecule has 3 rings (SSSR count). The number of aryl methyl sites for hydroxylation is 1. The highest BCUT2D eigenvalue weighted by Gasteiger charge is 2.17. The number of hydrogen-bond acceptors (Lipinski definition) is 2. The number of para-hydroxylation sites is 1. The van der Waals surface area contributed by atoms with Crippen LogP contribution in [0.2, 0.25) is 0 Å². The average Bonchev–Trinajstić information content (AvgIpc) is 2.74. The largest absolute Gasteiger partial charge is 0.478 e. The first-order valence-electron chi connectivity index (χ1n) is 6.36. The molecule has 0 aliphatic carbocycles. The van der Waals surface area contributed by atoms with Crippen LogP contribution in [0, 0.1) is 13.8 Å². The molecule has 0 bridgehead atoms. The predicted octanol–water partition coefficient (Wildman–Crippen LogP) is 3.34. The fraction of sp³-hybridized carbons (Fsp3) is 0.125. The number of nitrogens with zero attached hydrogens (tertiary/aromatic N) is 2. The van der Waals surface area contributed by atoms with Crippen LogP contribution in [0.1, 0.15) is 21.7 Å². The second kappa shape index (κ2) is 4.49. The van der Waals surface area contributed by atoms with Crippen LogP contribution < -0.4 is 0 Å². The number of pyridine rings is 1. The Morgan fingerprint density at radius 1 is 1.20 bits per heavy atom. The van der Waals surface area contributed by atoms with Gasteiger partial charge in [-0.15, -0.1) is 0 Å². The first-order valence-corrected chi connectivity index (χ1v) is 6.36. The first-order chi connectivity index (χ1) is 9.59. The number of fused-ring (bicyclic) bond motifs is 1. The van der Waals surface area contributed by atoms with Crippen molar-refractivity contribution in [3.8, 4) is 5.69 Å². The van der Waals surface area contributed by atoms with Gasteiger partial charge in [-0.1, -0.05) is 18.2 Å². The van der Waals surface area contributed by atoms with Crippen molar-refractivity contribution in [3.63, 3.8) is 0 Å². The van der Waals surface area contributed by atoms with Gasteiger partial charge in [0.2, 0.25) is 0 Å². The van der Waals surface area contributed by atoms with Crippen molar-refractivity contribution in [1.29, 1.82) is 0 Å². The number of carboxylic acid groups (broad SMARTS) is 1. The zero-order valence-corrected chi connectivity index (χ0v) is 11.3. The van der Waals surface area contributed by atoms with E-state index in [9.17, 15) is 9.90 Å². The summed E-state index contributed by atoms with van der Waals surface area (Å²) in [5.74, 6) is -0.905. The van der Waals surface area contributed by atoms with Gasteiger partial charge in [0, 0.05) is 23.0 Å². The highest BCUT2D eigenvalue weighted by molar-refractivity contribution is 5.91. The van der Waals surface area contributed by atoms with Gasteiger partial charge in [0.15, 0.2) is 0 Å². The number of aromatic carboxylic acids is 1. The molecule has 2 heterocycles. The zero-order chi connectivity index (χ0) is 14.3. The molecule has 1 N–H and O–H groups in total. The topological polar surface area (TPSA) is 55.1 Å². The fourth-order valence-electron chi connectivity index (χ4n) is 2.62. The van der Waals surface area contributed by atoms with Gasteiger partial charge in [0.25, 0.3) is 0 Å². The minimum atomic E-state index is -0.905. The Kier molecular flexibility index (Phi) is 2.79. The van der Waals surface area contributed by atoms with E-state index in [2.05, 4.69) is 4.98 Å². The van der Waals surface area contributed by atoms with Gasteiger partial charge in [-0.2, -0.15) is 0 Å². The Morgan fingerprint density at radius 3 is 2.65 bits per heavy atom. The number of benzene rings is 1. The van der Waals surface area contributed by atoms with Crippen LogP contribution in [0.15, 0.2) is 42.6 Å². The molecule has 0 amide bonds. The van der Waals surface area contributed by atoms with Gasteiger partial charge >= 0.3 is 5.97 Å². The summed E-state index contributed by atoms with van der Waals surface area (Å²) in [6.07, 6.45) is 1.75. The third kappa shape index (κ3) is 1.77. The van der Waals surface area contributed by atoms with Crippen LogP contribution >= 0.6 is 0 Å². The fourth-order valence-corrected chi connectivity index (χ4v) is 2.62. The molecule has 0 aliphatic rings. The van der Waals surface area contributed by atoms with E-state index in [-0.39, 0.29) is 0 Å².